The number of nitrogens with zero attached hydrogens (tertiary/aromatic N) is 2. The zero-order valence-electron chi connectivity index (χ0n) is 15.8. The number of aromatic nitrogens is 2. The molecule has 28 heavy (non-hydrogen) atoms. The fourth-order valence-corrected chi connectivity index (χ4v) is 3.04. The Hall–Kier alpha value is -2.99. The van der Waals surface area contributed by atoms with Gasteiger partial charge in [0.15, 0.2) is 5.82 Å². The van der Waals surface area contributed by atoms with E-state index >= 15 is 0 Å². The summed E-state index contributed by atoms with van der Waals surface area (Å²) in [5.74, 6) is 1.40. The van der Waals surface area contributed by atoms with E-state index in [4.69, 9.17) is 4.52 Å². The van der Waals surface area contributed by atoms with Gasteiger partial charge in [-0.15, -0.1) is 0 Å². The largest absolute Gasteiger partial charge is 0.388 e. The van der Waals surface area contributed by atoms with Crippen LogP contribution in [0.4, 0.5) is 0 Å². The molecule has 1 aliphatic carbocycles. The van der Waals surface area contributed by atoms with E-state index in [0.29, 0.717) is 29.6 Å². The van der Waals surface area contributed by atoms with Gasteiger partial charge >= 0.3 is 0 Å². The van der Waals surface area contributed by atoms with Crippen LogP contribution in [-0.2, 0) is 6.54 Å². The fraction of sp³-hybridized carbons (Fsp3) is 0.318. The summed E-state index contributed by atoms with van der Waals surface area (Å²) in [5, 5.41) is 16.6. The highest BCUT2D eigenvalue weighted by atomic mass is 16.5. The first-order valence-electron chi connectivity index (χ1n) is 9.63. The number of carbonyl (C=O) groups excluding carboxylic acids is 1. The molecule has 1 saturated carbocycles. The Morgan fingerprint density at radius 1 is 1.14 bits per heavy atom. The SMILES string of the molecule is CCC(O)c1ccc(-c2ccc(C(=O)NCc3noc(C4CC4)n3)cc2)cc1. The minimum Gasteiger partial charge on any atom is -0.388 e. The van der Waals surface area contributed by atoms with E-state index in [-0.39, 0.29) is 12.5 Å². The Bertz CT molecular complexity index is 944. The predicted octanol–water partition coefficient (Wildman–Crippen LogP) is 3.99. The molecule has 0 spiro atoms. The van der Waals surface area contributed by atoms with Crippen molar-refractivity contribution in [2.24, 2.45) is 0 Å². The lowest BCUT2D eigenvalue weighted by molar-refractivity contribution is 0.0949. The molecule has 1 fully saturated rings. The second-order valence-electron chi connectivity index (χ2n) is 7.13. The van der Waals surface area contributed by atoms with Crippen LogP contribution in [0.3, 0.4) is 0 Å². The first-order valence-corrected chi connectivity index (χ1v) is 9.63. The quantitative estimate of drug-likeness (QED) is 0.650. The summed E-state index contributed by atoms with van der Waals surface area (Å²) in [6.07, 6.45) is 2.46. The van der Waals surface area contributed by atoms with E-state index in [0.717, 1.165) is 29.5 Å². The van der Waals surface area contributed by atoms with Crippen molar-refractivity contribution in [2.45, 2.75) is 44.8 Å². The van der Waals surface area contributed by atoms with Gasteiger partial charge in [-0.1, -0.05) is 48.5 Å². The van der Waals surface area contributed by atoms with Gasteiger partial charge in [0.05, 0.1) is 12.6 Å². The molecule has 4 rings (SSSR count). The molecule has 0 saturated heterocycles. The lowest BCUT2D eigenvalue weighted by atomic mass is 10.00. The summed E-state index contributed by atoms with van der Waals surface area (Å²) >= 11 is 0. The summed E-state index contributed by atoms with van der Waals surface area (Å²) in [6.45, 7) is 2.20. The van der Waals surface area contributed by atoms with E-state index in [2.05, 4.69) is 15.5 Å². The van der Waals surface area contributed by atoms with Crippen LogP contribution < -0.4 is 5.32 Å². The monoisotopic (exact) mass is 377 g/mol. The Labute approximate surface area is 163 Å². The van der Waals surface area contributed by atoms with E-state index < -0.39 is 6.10 Å². The summed E-state index contributed by atoms with van der Waals surface area (Å²) in [4.78, 5) is 16.7. The summed E-state index contributed by atoms with van der Waals surface area (Å²) < 4.78 is 5.19. The average molecular weight is 377 g/mol. The molecule has 0 aliphatic heterocycles. The van der Waals surface area contributed by atoms with Crippen molar-refractivity contribution >= 4 is 5.91 Å². The van der Waals surface area contributed by atoms with Gasteiger partial charge in [0, 0.05) is 11.5 Å². The van der Waals surface area contributed by atoms with Crippen molar-refractivity contribution < 1.29 is 14.4 Å². The molecule has 1 aliphatic rings. The van der Waals surface area contributed by atoms with Gasteiger partial charge < -0.3 is 14.9 Å². The Kier molecular flexibility index (Phi) is 5.21. The van der Waals surface area contributed by atoms with Crippen LogP contribution in [0.1, 0.15) is 65.8 Å². The maximum absolute atomic E-state index is 12.3. The van der Waals surface area contributed by atoms with Crippen molar-refractivity contribution in [3.05, 3.63) is 71.4 Å². The number of aliphatic hydroxyl groups is 1. The molecule has 6 nitrogen and oxygen atoms in total. The molecule has 1 atom stereocenters. The summed E-state index contributed by atoms with van der Waals surface area (Å²) in [5.41, 5.74) is 3.54. The number of amides is 1. The number of carbonyl (C=O) groups is 1. The van der Waals surface area contributed by atoms with Crippen LogP contribution in [-0.4, -0.2) is 21.2 Å². The molecular weight excluding hydrogens is 354 g/mol. The van der Waals surface area contributed by atoms with E-state index in [1.807, 2.05) is 43.3 Å². The van der Waals surface area contributed by atoms with Gasteiger partial charge in [-0.2, -0.15) is 4.98 Å². The molecule has 1 unspecified atom stereocenters. The molecule has 6 heteroatoms. The van der Waals surface area contributed by atoms with Gasteiger partial charge in [-0.25, -0.2) is 0 Å². The third kappa shape index (κ3) is 4.12. The Morgan fingerprint density at radius 3 is 2.39 bits per heavy atom. The lowest BCUT2D eigenvalue weighted by Crippen LogP contribution is -2.23. The molecule has 2 aromatic carbocycles. The average Bonchev–Trinajstić information content (AvgIpc) is 3.49. The number of aliphatic hydroxyl groups excluding tert-OH is 1. The minimum atomic E-state index is -0.431. The van der Waals surface area contributed by atoms with Gasteiger partial charge in [0.1, 0.15) is 0 Å². The number of hydrogen-bond donors (Lipinski definition) is 2. The highest BCUT2D eigenvalue weighted by Gasteiger charge is 2.29. The summed E-state index contributed by atoms with van der Waals surface area (Å²) in [6, 6.07) is 15.3. The van der Waals surface area contributed by atoms with Crippen molar-refractivity contribution in [3.8, 4) is 11.1 Å². The van der Waals surface area contributed by atoms with Gasteiger partial charge in [-0.05, 0) is 48.1 Å². The molecule has 2 N–H and O–H groups in total. The van der Waals surface area contributed by atoms with Crippen LogP contribution >= 0.6 is 0 Å². The molecule has 1 heterocycles. The zero-order chi connectivity index (χ0) is 19.5. The highest BCUT2D eigenvalue weighted by molar-refractivity contribution is 5.94. The van der Waals surface area contributed by atoms with Gasteiger partial charge in [-0.3, -0.25) is 4.79 Å². The van der Waals surface area contributed by atoms with Crippen LogP contribution in [0.2, 0.25) is 0 Å². The van der Waals surface area contributed by atoms with Crippen LogP contribution in [0.25, 0.3) is 11.1 Å². The van der Waals surface area contributed by atoms with Crippen LogP contribution in [0.5, 0.6) is 0 Å². The molecule has 0 bridgehead atoms. The topological polar surface area (TPSA) is 88.2 Å². The smallest absolute Gasteiger partial charge is 0.251 e. The zero-order valence-corrected chi connectivity index (χ0v) is 15.8. The number of nitrogens with one attached hydrogen (secondary N) is 1. The Morgan fingerprint density at radius 2 is 1.79 bits per heavy atom. The molecule has 1 aromatic heterocycles. The third-order valence-corrected chi connectivity index (χ3v) is 4.98. The molecule has 3 aromatic rings. The van der Waals surface area contributed by atoms with Crippen molar-refractivity contribution in [2.75, 3.05) is 0 Å². The Balaban J connectivity index is 1.37. The lowest BCUT2D eigenvalue weighted by Gasteiger charge is -2.09. The van der Waals surface area contributed by atoms with Gasteiger partial charge in [0.25, 0.3) is 5.91 Å². The van der Waals surface area contributed by atoms with Gasteiger partial charge in [0.2, 0.25) is 5.89 Å². The first-order chi connectivity index (χ1) is 13.6. The number of benzene rings is 2. The van der Waals surface area contributed by atoms with Crippen molar-refractivity contribution in [1.82, 2.24) is 15.5 Å². The standard InChI is InChI=1S/C22H23N3O3/c1-2-19(26)16-7-3-14(4-8-16)15-5-9-17(10-6-15)21(27)23-13-20-24-22(28-25-20)18-11-12-18/h3-10,18-19,26H,2,11-13H2,1H3,(H,23,27). The van der Waals surface area contributed by atoms with E-state index in [9.17, 15) is 9.90 Å². The summed E-state index contributed by atoms with van der Waals surface area (Å²) in [7, 11) is 0. The molecular formula is C22H23N3O3. The second kappa shape index (κ2) is 7.94. The predicted molar refractivity (Wildman–Crippen MR) is 105 cm³/mol. The third-order valence-electron chi connectivity index (χ3n) is 4.98. The number of rotatable bonds is 7. The molecule has 1 amide bonds. The maximum Gasteiger partial charge on any atom is 0.251 e. The minimum absolute atomic E-state index is 0.175. The van der Waals surface area contributed by atoms with E-state index in [1.165, 1.54) is 0 Å². The molecule has 0 radical (unpaired) electrons. The first kappa shape index (κ1) is 18.4. The van der Waals surface area contributed by atoms with Crippen LogP contribution in [0.15, 0.2) is 53.1 Å². The molecule has 144 valence electrons. The van der Waals surface area contributed by atoms with E-state index in [1.54, 1.807) is 12.1 Å². The second-order valence-corrected chi connectivity index (χ2v) is 7.13. The highest BCUT2D eigenvalue weighted by Crippen LogP contribution is 2.38. The normalized spacial score (nSPS) is 14.6. The fourth-order valence-electron chi connectivity index (χ4n) is 3.04. The van der Waals surface area contributed by atoms with Crippen molar-refractivity contribution in [3.63, 3.8) is 0 Å². The van der Waals surface area contributed by atoms with Crippen molar-refractivity contribution in [1.29, 1.82) is 0 Å². The number of hydrogen-bond acceptors (Lipinski definition) is 5. The maximum atomic E-state index is 12.3. The van der Waals surface area contributed by atoms with Crippen LogP contribution in [0, 0.1) is 0 Å².